The van der Waals surface area contributed by atoms with Crippen molar-refractivity contribution in [3.05, 3.63) is 47.2 Å². The van der Waals surface area contributed by atoms with Crippen LogP contribution in [0.3, 0.4) is 0 Å². The molecule has 1 aromatic rings. The number of nitrogens with one attached hydrogen (secondary N) is 1. The van der Waals surface area contributed by atoms with Crippen LogP contribution in [0.2, 0.25) is 0 Å². The fourth-order valence-corrected chi connectivity index (χ4v) is 4.12. The summed E-state index contributed by atoms with van der Waals surface area (Å²) < 4.78 is 0. The monoisotopic (exact) mass is 370 g/mol. The molecule has 0 aromatic heterocycles. The Balaban J connectivity index is 0.00000225. The summed E-state index contributed by atoms with van der Waals surface area (Å²) in [6.07, 6.45) is 0. The molecule has 2 heterocycles. The van der Waals surface area contributed by atoms with Gasteiger partial charge in [0.1, 0.15) is 23.2 Å². The molecule has 3 atom stereocenters. The summed E-state index contributed by atoms with van der Waals surface area (Å²) in [6.45, 7) is 1.69. The predicted octanol–water partition coefficient (Wildman–Crippen LogP) is -2.55. The minimum absolute atomic E-state index is 0. The van der Waals surface area contributed by atoms with Crippen molar-refractivity contribution in [2.75, 3.05) is 5.75 Å². The van der Waals surface area contributed by atoms with E-state index in [-0.39, 0.29) is 35.3 Å². The van der Waals surface area contributed by atoms with Crippen molar-refractivity contribution in [2.24, 2.45) is 5.73 Å². The van der Waals surface area contributed by atoms with E-state index in [1.165, 1.54) is 16.7 Å². The van der Waals surface area contributed by atoms with Gasteiger partial charge >= 0.3 is 35.5 Å². The van der Waals surface area contributed by atoms with Crippen molar-refractivity contribution in [1.82, 2.24) is 10.2 Å². The first kappa shape index (κ1) is 20.0. The van der Waals surface area contributed by atoms with Crippen molar-refractivity contribution in [3.8, 4) is 0 Å². The Bertz CT molecular complexity index is 740. The number of carbonyl (C=O) groups is 3. The number of hydrogen-bond acceptors (Lipinski definition) is 5. The molecule has 1 saturated heterocycles. The molecule has 0 radical (unpaired) electrons. The zero-order valence-corrected chi connectivity index (χ0v) is 16.7. The number of carboxylic acid groups (broad SMARTS) is 1. The molecule has 0 saturated carbocycles. The number of benzene rings is 1. The molecule has 1 fully saturated rings. The van der Waals surface area contributed by atoms with Crippen molar-refractivity contribution in [3.63, 3.8) is 0 Å². The Morgan fingerprint density at radius 1 is 1.36 bits per heavy atom. The Morgan fingerprint density at radius 2 is 2.00 bits per heavy atom. The average Bonchev–Trinajstić information content (AvgIpc) is 2.59. The third kappa shape index (κ3) is 3.63. The number of nitrogens with two attached hydrogens (primary N) is 1. The fraction of sp³-hybridized carbons (Fsp3) is 0.312. The topological polar surface area (TPSA) is 113 Å². The van der Waals surface area contributed by atoms with E-state index in [1.54, 1.807) is 31.2 Å². The van der Waals surface area contributed by atoms with Crippen molar-refractivity contribution < 1.29 is 49.0 Å². The minimum atomic E-state index is -1.13. The van der Waals surface area contributed by atoms with E-state index in [0.717, 1.165) is 0 Å². The van der Waals surface area contributed by atoms with E-state index < -0.39 is 35.2 Å². The van der Waals surface area contributed by atoms with Crippen molar-refractivity contribution in [2.45, 2.75) is 24.4 Å². The molecule has 2 aliphatic rings. The van der Waals surface area contributed by atoms with Gasteiger partial charge in [0, 0.05) is 5.75 Å². The number of thioether (sulfide) groups is 1. The first-order chi connectivity index (χ1) is 11.4. The standard InChI is InChI=1S/C16H17N3O4S.Na/c1-8-7-24-15-11(14(21)19(15)12(8)16(22)23)18-13(20)10(17)9-5-3-2-4-6-9;/h2-6,10-11,15H,7,17H2,1H3,(H,18,20)(H,22,23);/q;+1/t10-,11-,15-;/m1./s1. The second-order valence-corrected chi connectivity index (χ2v) is 6.82. The van der Waals surface area contributed by atoms with Crippen LogP contribution in [-0.2, 0) is 14.4 Å². The van der Waals surface area contributed by atoms with Gasteiger partial charge in [-0.3, -0.25) is 14.5 Å². The zero-order chi connectivity index (χ0) is 17.4. The van der Waals surface area contributed by atoms with Crippen LogP contribution in [-0.4, -0.2) is 45.0 Å². The second kappa shape index (κ2) is 7.92. The van der Waals surface area contributed by atoms with E-state index in [4.69, 9.17) is 5.73 Å². The molecule has 9 heteroatoms. The summed E-state index contributed by atoms with van der Waals surface area (Å²) in [5.74, 6) is -1.50. The van der Waals surface area contributed by atoms with Gasteiger partial charge in [-0.1, -0.05) is 30.3 Å². The van der Waals surface area contributed by atoms with Crippen LogP contribution in [0.4, 0.5) is 0 Å². The van der Waals surface area contributed by atoms with E-state index in [0.29, 0.717) is 16.9 Å². The van der Waals surface area contributed by atoms with Crippen molar-refractivity contribution in [1.29, 1.82) is 0 Å². The third-order valence-corrected chi connectivity index (χ3v) is 5.52. The maximum Gasteiger partial charge on any atom is 1.00 e. The Morgan fingerprint density at radius 3 is 2.60 bits per heavy atom. The van der Waals surface area contributed by atoms with Gasteiger partial charge in [0.05, 0.1) is 0 Å². The van der Waals surface area contributed by atoms with Gasteiger partial charge in [-0.15, -0.1) is 11.8 Å². The van der Waals surface area contributed by atoms with Gasteiger partial charge in [-0.2, -0.15) is 0 Å². The summed E-state index contributed by atoms with van der Waals surface area (Å²) >= 11 is 1.43. The molecule has 2 aliphatic heterocycles. The van der Waals surface area contributed by atoms with Gasteiger partial charge in [-0.25, -0.2) is 4.79 Å². The fourth-order valence-electron chi connectivity index (χ4n) is 2.83. The maximum atomic E-state index is 12.3. The van der Waals surface area contributed by atoms with Gasteiger partial charge < -0.3 is 16.2 Å². The number of amides is 2. The molecule has 4 N–H and O–H groups in total. The van der Waals surface area contributed by atoms with E-state index in [9.17, 15) is 19.5 Å². The van der Waals surface area contributed by atoms with Crippen LogP contribution in [0.5, 0.6) is 0 Å². The molecular formula is C16H17N3NaO4S+. The number of hydrogen-bond donors (Lipinski definition) is 3. The summed E-state index contributed by atoms with van der Waals surface area (Å²) in [4.78, 5) is 37.2. The molecule has 126 valence electrons. The number of carbonyl (C=O) groups excluding carboxylic acids is 2. The van der Waals surface area contributed by atoms with Gasteiger partial charge in [0.15, 0.2) is 0 Å². The molecule has 0 bridgehead atoms. The quantitative estimate of drug-likeness (QED) is 0.397. The number of β-lactam (4-membered cyclic amide) rings is 1. The van der Waals surface area contributed by atoms with Crippen LogP contribution < -0.4 is 40.6 Å². The summed E-state index contributed by atoms with van der Waals surface area (Å²) in [5.41, 5.74) is 7.24. The van der Waals surface area contributed by atoms with Gasteiger partial charge in [0.2, 0.25) is 5.91 Å². The molecule has 3 rings (SSSR count). The largest absolute Gasteiger partial charge is 1.00 e. The van der Waals surface area contributed by atoms with Gasteiger partial charge in [0.25, 0.3) is 5.91 Å². The summed E-state index contributed by atoms with van der Waals surface area (Å²) in [7, 11) is 0. The Kier molecular flexibility index (Phi) is 6.34. The van der Waals surface area contributed by atoms with Crippen LogP contribution in [0, 0.1) is 0 Å². The smallest absolute Gasteiger partial charge is 0.477 e. The molecule has 0 spiro atoms. The first-order valence-electron chi connectivity index (χ1n) is 7.40. The van der Waals surface area contributed by atoms with Crippen LogP contribution in [0.1, 0.15) is 18.5 Å². The number of aliphatic carboxylic acids is 1. The first-order valence-corrected chi connectivity index (χ1v) is 8.45. The Hall–Kier alpha value is -1.32. The van der Waals surface area contributed by atoms with Crippen LogP contribution in [0.15, 0.2) is 41.6 Å². The van der Waals surface area contributed by atoms with Crippen LogP contribution >= 0.6 is 11.8 Å². The number of carboxylic acids is 1. The predicted molar refractivity (Wildman–Crippen MR) is 88.7 cm³/mol. The molecule has 0 unspecified atom stereocenters. The molecule has 2 amide bonds. The maximum absolute atomic E-state index is 12.3. The second-order valence-electron chi connectivity index (χ2n) is 5.72. The van der Waals surface area contributed by atoms with Crippen LogP contribution in [0.25, 0.3) is 0 Å². The summed E-state index contributed by atoms with van der Waals surface area (Å²) in [6, 6.07) is 7.23. The zero-order valence-electron chi connectivity index (χ0n) is 13.9. The average molecular weight is 370 g/mol. The van der Waals surface area contributed by atoms with E-state index in [2.05, 4.69) is 5.32 Å². The Labute approximate surface area is 171 Å². The number of nitrogens with zero attached hydrogens (tertiary/aromatic N) is 1. The molecule has 7 nitrogen and oxygen atoms in total. The number of fused-ring (bicyclic) bond motifs is 1. The molecule has 1 aromatic carbocycles. The molecular weight excluding hydrogens is 353 g/mol. The minimum Gasteiger partial charge on any atom is -0.477 e. The normalized spacial score (nSPS) is 23.1. The van der Waals surface area contributed by atoms with Gasteiger partial charge in [-0.05, 0) is 18.1 Å². The molecule has 25 heavy (non-hydrogen) atoms. The molecule has 0 aliphatic carbocycles. The summed E-state index contributed by atoms with van der Waals surface area (Å²) in [5, 5.41) is 11.5. The van der Waals surface area contributed by atoms with Crippen molar-refractivity contribution >= 4 is 29.5 Å². The van der Waals surface area contributed by atoms with E-state index in [1.807, 2.05) is 6.07 Å². The SMILES string of the molecule is CC1=C(C(=O)O)N2C(=O)[C@@H](NC(=O)[C@H](N)c3ccccc3)[C@H]2SC1.[Na+]. The number of rotatable bonds is 4. The van der Waals surface area contributed by atoms with E-state index >= 15 is 0 Å². The third-order valence-electron chi connectivity index (χ3n) is 4.10.